The minimum absolute atomic E-state index is 0.266. The first-order valence-electron chi connectivity index (χ1n) is 3.46. The van der Waals surface area contributed by atoms with Gasteiger partial charge in [-0.15, -0.1) is 0 Å². The van der Waals surface area contributed by atoms with Gasteiger partial charge in [0.1, 0.15) is 5.71 Å². The van der Waals surface area contributed by atoms with Crippen LogP contribution in [0, 0.1) is 5.92 Å². The van der Waals surface area contributed by atoms with E-state index < -0.39 is 23.5 Å². The number of alkyl halides is 2. The summed E-state index contributed by atoms with van der Waals surface area (Å²) in [7, 11) is 0. The smallest absolute Gasteiger partial charge is 0.389 e. The molecular formula is C6H4F2N2O3. The van der Waals surface area contributed by atoms with Crippen LogP contribution in [0.3, 0.4) is 0 Å². The molecule has 0 aromatic heterocycles. The van der Waals surface area contributed by atoms with Crippen LogP contribution in [0.5, 0.6) is 0 Å². The van der Waals surface area contributed by atoms with E-state index in [2.05, 4.69) is 15.1 Å². The maximum absolute atomic E-state index is 12.5. The molecule has 1 atom stereocenters. The van der Waals surface area contributed by atoms with Crippen LogP contribution in [0.15, 0.2) is 10.3 Å². The molecule has 5 nitrogen and oxygen atoms in total. The Bertz CT molecular complexity index is 337. The fourth-order valence-electron chi connectivity index (χ4n) is 1.11. The average Bonchev–Trinajstić information content (AvgIpc) is 2.55. The molecule has 1 saturated carbocycles. The van der Waals surface area contributed by atoms with Crippen LogP contribution in [0.25, 0.3) is 0 Å². The van der Waals surface area contributed by atoms with Crippen LogP contribution in [0.4, 0.5) is 8.78 Å². The molecule has 1 N–H and O–H groups in total. The summed E-state index contributed by atoms with van der Waals surface area (Å²) in [5.74, 6) is -5.01. The maximum atomic E-state index is 12.5. The molecule has 0 spiro atoms. The van der Waals surface area contributed by atoms with E-state index in [0.29, 0.717) is 0 Å². The summed E-state index contributed by atoms with van der Waals surface area (Å²) >= 11 is 0. The second kappa shape index (κ2) is 2.24. The van der Waals surface area contributed by atoms with Gasteiger partial charge in [-0.05, 0) is 0 Å². The molecule has 7 heteroatoms. The third-order valence-corrected chi connectivity index (χ3v) is 1.92. The highest BCUT2D eigenvalue weighted by molar-refractivity contribution is 6.67. The van der Waals surface area contributed by atoms with Crippen LogP contribution < -0.4 is 0 Å². The molecule has 0 saturated heterocycles. The Morgan fingerprint density at radius 3 is 2.77 bits per heavy atom. The third kappa shape index (κ3) is 1.07. The van der Waals surface area contributed by atoms with Crippen LogP contribution in [0.2, 0.25) is 0 Å². The van der Waals surface area contributed by atoms with Crippen LogP contribution >= 0.6 is 0 Å². The summed E-state index contributed by atoms with van der Waals surface area (Å²) in [6, 6.07) is 0. The van der Waals surface area contributed by atoms with Crippen molar-refractivity contribution in [2.24, 2.45) is 16.2 Å². The zero-order valence-electron chi connectivity index (χ0n) is 6.20. The van der Waals surface area contributed by atoms with Gasteiger partial charge in [0, 0.05) is 6.42 Å². The first-order chi connectivity index (χ1) is 6.06. The van der Waals surface area contributed by atoms with E-state index >= 15 is 0 Å². The molecule has 1 aliphatic heterocycles. The molecule has 0 amide bonds. The van der Waals surface area contributed by atoms with Crippen molar-refractivity contribution >= 4 is 17.4 Å². The number of hydrogen-bond donors (Lipinski definition) is 1. The van der Waals surface area contributed by atoms with E-state index in [1.807, 2.05) is 0 Å². The number of rotatable bonds is 1. The van der Waals surface area contributed by atoms with Gasteiger partial charge < -0.3 is 10.0 Å². The van der Waals surface area contributed by atoms with Crippen LogP contribution in [-0.2, 0) is 9.63 Å². The molecular weight excluding hydrogens is 186 g/mol. The SMILES string of the molecule is O=C1ON=C(C2CC2(F)F)C1=NO. The lowest BCUT2D eigenvalue weighted by Gasteiger charge is -1.93. The topological polar surface area (TPSA) is 71.2 Å². The number of hydrogen-bond acceptors (Lipinski definition) is 5. The Morgan fingerprint density at radius 1 is 1.69 bits per heavy atom. The predicted octanol–water partition coefficient (Wildman–Crippen LogP) is 0.385. The van der Waals surface area contributed by atoms with E-state index in [1.54, 1.807) is 0 Å². The summed E-state index contributed by atoms with van der Waals surface area (Å²) < 4.78 is 25.0. The van der Waals surface area contributed by atoms with Gasteiger partial charge in [-0.2, -0.15) is 0 Å². The highest BCUT2D eigenvalue weighted by Gasteiger charge is 2.62. The zero-order chi connectivity index (χ0) is 9.64. The molecule has 1 fully saturated rings. The van der Waals surface area contributed by atoms with Gasteiger partial charge in [0.15, 0.2) is 0 Å². The van der Waals surface area contributed by atoms with Gasteiger partial charge in [-0.1, -0.05) is 10.3 Å². The molecule has 13 heavy (non-hydrogen) atoms. The predicted molar refractivity (Wildman–Crippen MR) is 35.8 cm³/mol. The lowest BCUT2D eigenvalue weighted by molar-refractivity contribution is -0.134. The second-order valence-electron chi connectivity index (χ2n) is 2.82. The second-order valence-corrected chi connectivity index (χ2v) is 2.82. The average molecular weight is 190 g/mol. The standard InChI is InChI=1S/C6H4F2N2O3/c7-6(8)1-2(6)3-4(9-12)5(11)13-10-3/h2,12H,1H2. The molecule has 2 rings (SSSR count). The van der Waals surface area contributed by atoms with Crippen LogP contribution in [-0.4, -0.2) is 28.5 Å². The van der Waals surface area contributed by atoms with E-state index in [4.69, 9.17) is 5.21 Å². The van der Waals surface area contributed by atoms with E-state index in [0.717, 1.165) is 0 Å². The van der Waals surface area contributed by atoms with E-state index in [-0.39, 0.29) is 12.1 Å². The molecule has 1 unspecified atom stereocenters. The molecule has 0 aromatic carbocycles. The normalized spacial score (nSPS) is 33.1. The monoisotopic (exact) mass is 190 g/mol. The quantitative estimate of drug-likeness (QED) is 0.369. The zero-order valence-corrected chi connectivity index (χ0v) is 6.20. The summed E-state index contributed by atoms with van der Waals surface area (Å²) in [6.07, 6.45) is -0.387. The van der Waals surface area contributed by atoms with Crippen molar-refractivity contribution < 1.29 is 23.6 Å². The van der Waals surface area contributed by atoms with Crippen molar-refractivity contribution in [3.8, 4) is 0 Å². The third-order valence-electron chi connectivity index (χ3n) is 1.92. The highest BCUT2D eigenvalue weighted by Crippen LogP contribution is 2.50. The fraction of sp³-hybridized carbons (Fsp3) is 0.500. The summed E-state index contributed by atoms with van der Waals surface area (Å²) in [5, 5.41) is 14.0. The fourth-order valence-corrected chi connectivity index (χ4v) is 1.11. The van der Waals surface area contributed by atoms with Crippen molar-refractivity contribution in [1.29, 1.82) is 0 Å². The van der Waals surface area contributed by atoms with Crippen LogP contribution in [0.1, 0.15) is 6.42 Å². The Hall–Kier alpha value is -1.53. The van der Waals surface area contributed by atoms with Crippen molar-refractivity contribution in [3.05, 3.63) is 0 Å². The summed E-state index contributed by atoms with van der Waals surface area (Å²) in [4.78, 5) is 14.8. The van der Waals surface area contributed by atoms with Crippen molar-refractivity contribution in [2.75, 3.05) is 0 Å². The molecule has 0 radical (unpaired) electrons. The van der Waals surface area contributed by atoms with Crippen molar-refractivity contribution in [2.45, 2.75) is 12.3 Å². The van der Waals surface area contributed by atoms with Gasteiger partial charge in [0.25, 0.3) is 5.92 Å². The molecule has 0 aromatic rings. The summed E-state index contributed by atoms with van der Waals surface area (Å²) in [5.41, 5.74) is -0.792. The Labute approximate surface area is 70.7 Å². The lowest BCUT2D eigenvalue weighted by atomic mass is 10.1. The van der Waals surface area contributed by atoms with Gasteiger partial charge >= 0.3 is 5.97 Å². The van der Waals surface area contributed by atoms with Crippen molar-refractivity contribution in [1.82, 2.24) is 0 Å². The molecule has 1 heterocycles. The number of oxime groups is 2. The van der Waals surface area contributed by atoms with Crippen molar-refractivity contribution in [3.63, 3.8) is 0 Å². The largest absolute Gasteiger partial charge is 0.410 e. The molecule has 2 aliphatic rings. The first-order valence-corrected chi connectivity index (χ1v) is 3.46. The van der Waals surface area contributed by atoms with Gasteiger partial charge in [0.05, 0.1) is 5.92 Å². The number of carbonyl (C=O) groups is 1. The maximum Gasteiger partial charge on any atom is 0.389 e. The summed E-state index contributed by atoms with van der Waals surface area (Å²) in [6.45, 7) is 0. The van der Waals surface area contributed by atoms with Gasteiger partial charge in [-0.3, -0.25) is 0 Å². The van der Waals surface area contributed by atoms with Gasteiger partial charge in [0.2, 0.25) is 5.71 Å². The first kappa shape index (κ1) is 8.09. The Balaban J connectivity index is 2.23. The lowest BCUT2D eigenvalue weighted by Crippen LogP contribution is -2.21. The molecule has 1 aliphatic carbocycles. The number of carbonyl (C=O) groups excluding carboxylic acids is 1. The Morgan fingerprint density at radius 2 is 2.31 bits per heavy atom. The highest BCUT2D eigenvalue weighted by atomic mass is 19.3. The van der Waals surface area contributed by atoms with E-state index in [9.17, 15) is 13.6 Å². The minimum atomic E-state index is -2.86. The minimum Gasteiger partial charge on any atom is -0.410 e. The number of halogens is 2. The molecule has 70 valence electrons. The Kier molecular flexibility index (Phi) is 1.39. The van der Waals surface area contributed by atoms with E-state index in [1.165, 1.54) is 0 Å². The molecule has 0 bridgehead atoms. The number of nitrogens with zero attached hydrogens (tertiary/aromatic N) is 2. The van der Waals surface area contributed by atoms with Gasteiger partial charge in [-0.25, -0.2) is 13.6 Å².